The minimum Gasteiger partial charge on any atom is -0.467 e. The van der Waals surface area contributed by atoms with Crippen molar-refractivity contribution in [2.75, 3.05) is 31.1 Å². The number of pyridine rings is 1. The van der Waals surface area contributed by atoms with Crippen LogP contribution in [0.4, 0.5) is 5.82 Å². The van der Waals surface area contributed by atoms with E-state index in [-0.39, 0.29) is 18.0 Å². The van der Waals surface area contributed by atoms with Gasteiger partial charge in [-0.25, -0.2) is 9.99 Å². The zero-order valence-corrected chi connectivity index (χ0v) is 19.2. The highest BCUT2D eigenvalue weighted by molar-refractivity contribution is 6.30. The van der Waals surface area contributed by atoms with Crippen molar-refractivity contribution < 1.29 is 9.21 Å². The summed E-state index contributed by atoms with van der Waals surface area (Å²) in [5.41, 5.74) is 1.82. The van der Waals surface area contributed by atoms with Crippen LogP contribution in [0, 0.1) is 0 Å². The van der Waals surface area contributed by atoms with E-state index < -0.39 is 0 Å². The highest BCUT2D eigenvalue weighted by atomic mass is 35.5. The average Bonchev–Trinajstić information content (AvgIpc) is 3.55. The van der Waals surface area contributed by atoms with Crippen LogP contribution in [0.2, 0.25) is 5.02 Å². The number of halogens is 1. The van der Waals surface area contributed by atoms with E-state index in [1.807, 2.05) is 67.7 Å². The fourth-order valence-electron chi connectivity index (χ4n) is 4.46. The number of hydrogen-bond acceptors (Lipinski definition) is 6. The van der Waals surface area contributed by atoms with Gasteiger partial charge in [0.15, 0.2) is 0 Å². The lowest BCUT2D eigenvalue weighted by molar-refractivity contribution is -0.138. The Bertz CT molecular complexity index is 1110. The molecule has 0 aliphatic carbocycles. The van der Waals surface area contributed by atoms with E-state index >= 15 is 0 Å². The third-order valence-corrected chi connectivity index (χ3v) is 6.63. The number of aromatic nitrogens is 1. The fraction of sp³-hybridized carbons (Fsp3) is 0.320. The minimum atomic E-state index is -0.290. The molecular formula is C25H26ClN5O2. The second-order valence-corrected chi connectivity index (χ2v) is 8.80. The zero-order chi connectivity index (χ0) is 22.8. The maximum absolute atomic E-state index is 13.6. The molecule has 2 aromatic heterocycles. The van der Waals surface area contributed by atoms with Crippen LogP contribution in [0.5, 0.6) is 0 Å². The van der Waals surface area contributed by atoms with Gasteiger partial charge in [0.1, 0.15) is 17.6 Å². The van der Waals surface area contributed by atoms with Gasteiger partial charge in [0.2, 0.25) is 0 Å². The third kappa shape index (κ3) is 4.51. The Kier molecular flexibility index (Phi) is 6.15. The van der Waals surface area contributed by atoms with E-state index in [0.717, 1.165) is 49.0 Å². The number of hydrogen-bond donors (Lipinski definition) is 0. The first kappa shape index (κ1) is 21.7. The van der Waals surface area contributed by atoms with Gasteiger partial charge in [0.25, 0.3) is 5.91 Å². The highest BCUT2D eigenvalue weighted by Crippen LogP contribution is 2.34. The van der Waals surface area contributed by atoms with Gasteiger partial charge in [-0.3, -0.25) is 9.69 Å². The van der Waals surface area contributed by atoms with Crippen LogP contribution in [0.15, 0.2) is 76.6 Å². The summed E-state index contributed by atoms with van der Waals surface area (Å²) in [5, 5.41) is 7.04. The van der Waals surface area contributed by atoms with E-state index in [2.05, 4.69) is 14.8 Å². The van der Waals surface area contributed by atoms with Crippen LogP contribution in [-0.4, -0.2) is 58.7 Å². The molecule has 1 fully saturated rings. The van der Waals surface area contributed by atoms with Gasteiger partial charge in [-0.1, -0.05) is 29.8 Å². The lowest BCUT2D eigenvalue weighted by atomic mass is 10.0. The minimum absolute atomic E-state index is 0.0216. The standard InChI is InChI=1S/C25H26ClN5O2/c1-18(29-12-14-30(15-13-29)24-6-2-3-11-27-24)25(32)31-22(23-5-4-16-33-23)17-21(28-31)19-7-9-20(26)10-8-19/h2-11,16,18,22H,12-15,17H2,1H3/t18-,22+/m1/s1. The van der Waals surface area contributed by atoms with E-state index in [4.69, 9.17) is 21.1 Å². The van der Waals surface area contributed by atoms with Gasteiger partial charge in [0.05, 0.1) is 18.0 Å². The van der Waals surface area contributed by atoms with Gasteiger partial charge in [-0.2, -0.15) is 5.10 Å². The molecule has 5 rings (SSSR count). The van der Waals surface area contributed by atoms with E-state index in [1.54, 1.807) is 11.3 Å². The summed E-state index contributed by atoms with van der Waals surface area (Å²) in [5.74, 6) is 1.70. The molecule has 0 spiro atoms. The molecule has 2 atom stereocenters. The van der Waals surface area contributed by atoms with Crippen molar-refractivity contribution in [3.63, 3.8) is 0 Å². The Morgan fingerprint density at radius 1 is 1.06 bits per heavy atom. The largest absolute Gasteiger partial charge is 0.467 e. The normalized spacial score (nSPS) is 20.1. The summed E-state index contributed by atoms with van der Waals surface area (Å²) in [6, 6.07) is 16.7. The number of amides is 1. The Morgan fingerprint density at radius 2 is 1.85 bits per heavy atom. The predicted molar refractivity (Wildman–Crippen MR) is 128 cm³/mol. The van der Waals surface area contributed by atoms with E-state index in [1.165, 1.54) is 0 Å². The van der Waals surface area contributed by atoms with Crippen molar-refractivity contribution in [3.8, 4) is 0 Å². The van der Waals surface area contributed by atoms with E-state index in [0.29, 0.717) is 11.4 Å². The molecule has 0 bridgehead atoms. The summed E-state index contributed by atoms with van der Waals surface area (Å²) >= 11 is 6.05. The molecular weight excluding hydrogens is 438 g/mol. The van der Waals surface area contributed by atoms with Gasteiger partial charge in [0, 0.05) is 43.8 Å². The summed E-state index contributed by atoms with van der Waals surface area (Å²) in [6.07, 6.45) is 4.05. The molecule has 0 saturated carbocycles. The molecule has 170 valence electrons. The van der Waals surface area contributed by atoms with Gasteiger partial charge in [-0.15, -0.1) is 0 Å². The fourth-order valence-corrected chi connectivity index (χ4v) is 4.59. The van der Waals surface area contributed by atoms with Gasteiger partial charge >= 0.3 is 0 Å². The summed E-state index contributed by atoms with van der Waals surface area (Å²) < 4.78 is 5.67. The Hall–Kier alpha value is -3.16. The molecule has 0 N–H and O–H groups in total. The first-order chi connectivity index (χ1) is 16.1. The number of anilines is 1. The van der Waals surface area contributed by atoms with Gasteiger partial charge in [-0.05, 0) is 48.9 Å². The first-order valence-electron chi connectivity index (χ1n) is 11.2. The molecule has 1 aromatic carbocycles. The monoisotopic (exact) mass is 463 g/mol. The lowest BCUT2D eigenvalue weighted by Gasteiger charge is -2.38. The summed E-state index contributed by atoms with van der Waals surface area (Å²) in [7, 11) is 0. The number of piperazine rings is 1. The second-order valence-electron chi connectivity index (χ2n) is 8.36. The quantitative estimate of drug-likeness (QED) is 0.567. The molecule has 2 aliphatic rings. The van der Waals surface area contributed by atoms with Crippen LogP contribution in [0.25, 0.3) is 0 Å². The van der Waals surface area contributed by atoms with Crippen molar-refractivity contribution in [1.82, 2.24) is 14.9 Å². The van der Waals surface area contributed by atoms with Crippen molar-refractivity contribution in [3.05, 3.63) is 83.4 Å². The van der Waals surface area contributed by atoms with Crippen LogP contribution in [0.3, 0.4) is 0 Å². The number of benzene rings is 1. The number of carbonyl (C=O) groups is 1. The SMILES string of the molecule is C[C@H](C(=O)N1N=C(c2ccc(Cl)cc2)C[C@H]1c1ccco1)N1CCN(c2ccccn2)CC1. The maximum Gasteiger partial charge on any atom is 0.260 e. The van der Waals surface area contributed by atoms with Crippen molar-refractivity contribution in [1.29, 1.82) is 0 Å². The van der Waals surface area contributed by atoms with Crippen LogP contribution in [0.1, 0.15) is 30.7 Å². The molecule has 1 saturated heterocycles. The maximum atomic E-state index is 13.6. The Balaban J connectivity index is 1.32. The van der Waals surface area contributed by atoms with Crippen LogP contribution in [-0.2, 0) is 4.79 Å². The topological polar surface area (TPSA) is 65.2 Å². The third-order valence-electron chi connectivity index (χ3n) is 6.38. The molecule has 2 aliphatic heterocycles. The lowest BCUT2D eigenvalue weighted by Crippen LogP contribution is -2.54. The number of carbonyl (C=O) groups excluding carboxylic acids is 1. The smallest absolute Gasteiger partial charge is 0.260 e. The molecule has 0 unspecified atom stereocenters. The summed E-state index contributed by atoms with van der Waals surface area (Å²) in [4.78, 5) is 22.5. The van der Waals surface area contributed by atoms with Crippen LogP contribution < -0.4 is 4.90 Å². The highest BCUT2D eigenvalue weighted by Gasteiger charge is 2.38. The number of rotatable bonds is 5. The van der Waals surface area contributed by atoms with Crippen molar-refractivity contribution in [2.24, 2.45) is 5.10 Å². The second kappa shape index (κ2) is 9.37. The molecule has 8 heteroatoms. The molecule has 7 nitrogen and oxygen atoms in total. The average molecular weight is 464 g/mol. The zero-order valence-electron chi connectivity index (χ0n) is 18.5. The van der Waals surface area contributed by atoms with E-state index in [9.17, 15) is 4.79 Å². The number of furan rings is 1. The predicted octanol–water partition coefficient (Wildman–Crippen LogP) is 4.22. The molecule has 33 heavy (non-hydrogen) atoms. The Labute approximate surface area is 198 Å². The summed E-state index contributed by atoms with van der Waals surface area (Å²) in [6.45, 7) is 5.20. The van der Waals surface area contributed by atoms with Crippen molar-refractivity contribution >= 4 is 29.0 Å². The number of hydrazone groups is 1. The molecule has 4 heterocycles. The van der Waals surface area contributed by atoms with Crippen LogP contribution >= 0.6 is 11.6 Å². The van der Waals surface area contributed by atoms with Gasteiger partial charge < -0.3 is 9.32 Å². The van der Waals surface area contributed by atoms with Crippen molar-refractivity contribution in [2.45, 2.75) is 25.4 Å². The molecule has 0 radical (unpaired) electrons. The number of nitrogens with zero attached hydrogens (tertiary/aromatic N) is 5. The Morgan fingerprint density at radius 3 is 2.52 bits per heavy atom. The molecule has 3 aromatic rings. The molecule has 1 amide bonds. The first-order valence-corrected chi connectivity index (χ1v) is 11.6.